The van der Waals surface area contributed by atoms with Crippen LogP contribution in [-0.4, -0.2) is 30.1 Å². The van der Waals surface area contributed by atoms with Crippen LogP contribution in [0.25, 0.3) is 0 Å². The molecule has 1 heterocycles. The smallest absolute Gasteiger partial charge is 0.0940 e. The summed E-state index contributed by atoms with van der Waals surface area (Å²) in [5, 5.41) is 11.1. The Hall–Kier alpha value is -0.860. The van der Waals surface area contributed by atoms with Crippen molar-refractivity contribution in [2.45, 2.75) is 31.3 Å². The molecule has 0 radical (unpaired) electrons. The number of fused-ring (bicyclic) bond motifs is 1. The first-order valence-electron chi connectivity index (χ1n) is 6.69. The van der Waals surface area contributed by atoms with Crippen LogP contribution in [0.2, 0.25) is 0 Å². The molecule has 0 unspecified atom stereocenters. The van der Waals surface area contributed by atoms with Crippen LogP contribution in [0, 0.1) is 5.92 Å². The first-order chi connectivity index (χ1) is 8.20. The Morgan fingerprint density at radius 3 is 2.94 bits per heavy atom. The molecule has 0 saturated carbocycles. The van der Waals surface area contributed by atoms with Crippen molar-refractivity contribution in [2.24, 2.45) is 5.92 Å². The van der Waals surface area contributed by atoms with E-state index < -0.39 is 5.60 Å². The molecule has 3 rings (SSSR count). The molecule has 2 nitrogen and oxygen atoms in total. The molecule has 0 amide bonds. The van der Waals surface area contributed by atoms with Crippen LogP contribution in [-0.2, 0) is 12.0 Å². The fraction of sp³-hybridized carbons (Fsp3) is 0.600. The predicted octanol–water partition coefficient (Wildman–Crippen LogP) is 2.16. The fourth-order valence-corrected chi connectivity index (χ4v) is 3.59. The number of hydrogen-bond acceptors (Lipinski definition) is 2. The number of benzene rings is 1. The number of nitrogens with zero attached hydrogens (tertiary/aromatic N) is 1. The lowest BCUT2D eigenvalue weighted by molar-refractivity contribution is -0.0350. The van der Waals surface area contributed by atoms with Crippen LogP contribution < -0.4 is 0 Å². The predicted molar refractivity (Wildman–Crippen MR) is 68.9 cm³/mol. The first-order valence-corrected chi connectivity index (χ1v) is 6.69. The minimum Gasteiger partial charge on any atom is -0.385 e. The Balaban J connectivity index is 1.98. The number of aliphatic hydroxyl groups is 1. The molecule has 1 aliphatic carbocycles. The SMILES string of the molecule is CN1CC[C@H]([C@]2(O)CCCc3ccccc32)C1. The molecule has 0 spiro atoms. The molecule has 1 aromatic carbocycles. The molecule has 2 aliphatic rings. The average molecular weight is 231 g/mol. The third-order valence-electron chi connectivity index (χ3n) is 4.55. The maximum atomic E-state index is 11.1. The quantitative estimate of drug-likeness (QED) is 0.800. The van der Waals surface area contributed by atoms with Gasteiger partial charge in [0.15, 0.2) is 0 Å². The van der Waals surface area contributed by atoms with Gasteiger partial charge in [0, 0.05) is 12.5 Å². The van der Waals surface area contributed by atoms with Gasteiger partial charge < -0.3 is 10.0 Å². The van der Waals surface area contributed by atoms with E-state index in [9.17, 15) is 5.11 Å². The van der Waals surface area contributed by atoms with Crippen LogP contribution >= 0.6 is 0 Å². The standard InChI is InChI=1S/C15H21NO/c1-16-10-8-13(11-16)15(17)9-4-6-12-5-2-3-7-14(12)15/h2-3,5,7,13,17H,4,6,8-11H2,1H3/t13-,15+/m0/s1. The summed E-state index contributed by atoms with van der Waals surface area (Å²) in [5.74, 6) is 0.411. The van der Waals surface area contributed by atoms with E-state index >= 15 is 0 Å². The lowest BCUT2D eigenvalue weighted by Crippen LogP contribution is -2.39. The molecule has 1 fully saturated rings. The van der Waals surface area contributed by atoms with E-state index in [1.807, 2.05) is 0 Å². The number of likely N-dealkylation sites (tertiary alicyclic amines) is 1. The topological polar surface area (TPSA) is 23.5 Å². The summed E-state index contributed by atoms with van der Waals surface area (Å²) in [7, 11) is 2.15. The zero-order chi connectivity index (χ0) is 11.9. The Bertz CT molecular complexity index is 417. The van der Waals surface area contributed by atoms with Gasteiger partial charge in [-0.1, -0.05) is 24.3 Å². The van der Waals surface area contributed by atoms with Gasteiger partial charge in [0.1, 0.15) is 0 Å². The minimum atomic E-state index is -0.570. The van der Waals surface area contributed by atoms with Crippen molar-refractivity contribution in [3.05, 3.63) is 35.4 Å². The van der Waals surface area contributed by atoms with Gasteiger partial charge in [-0.2, -0.15) is 0 Å². The Kier molecular flexibility index (Phi) is 2.72. The molecule has 2 heteroatoms. The van der Waals surface area contributed by atoms with Crippen molar-refractivity contribution in [2.75, 3.05) is 20.1 Å². The van der Waals surface area contributed by atoms with Crippen LogP contribution in [0.4, 0.5) is 0 Å². The Labute approximate surface area is 103 Å². The van der Waals surface area contributed by atoms with Gasteiger partial charge >= 0.3 is 0 Å². The summed E-state index contributed by atoms with van der Waals surface area (Å²) in [6.07, 6.45) is 4.30. The maximum Gasteiger partial charge on any atom is 0.0940 e. The van der Waals surface area contributed by atoms with Crippen molar-refractivity contribution in [1.82, 2.24) is 4.90 Å². The maximum absolute atomic E-state index is 11.1. The zero-order valence-corrected chi connectivity index (χ0v) is 10.5. The normalized spacial score (nSPS) is 33.6. The minimum absolute atomic E-state index is 0.411. The third kappa shape index (κ3) is 1.80. The van der Waals surface area contributed by atoms with Crippen molar-refractivity contribution in [3.8, 4) is 0 Å². The van der Waals surface area contributed by atoms with Gasteiger partial charge in [0.2, 0.25) is 0 Å². The lowest BCUT2D eigenvalue weighted by Gasteiger charge is -2.39. The highest BCUT2D eigenvalue weighted by Gasteiger charge is 2.43. The van der Waals surface area contributed by atoms with Crippen LogP contribution in [0.15, 0.2) is 24.3 Å². The van der Waals surface area contributed by atoms with E-state index in [2.05, 4.69) is 36.2 Å². The fourth-order valence-electron chi connectivity index (χ4n) is 3.59. The van der Waals surface area contributed by atoms with Crippen LogP contribution in [0.1, 0.15) is 30.4 Å². The molecular weight excluding hydrogens is 210 g/mol. The van der Waals surface area contributed by atoms with E-state index in [1.54, 1.807) is 0 Å². The molecule has 1 aliphatic heterocycles. The number of hydrogen-bond donors (Lipinski definition) is 1. The van der Waals surface area contributed by atoms with E-state index in [0.717, 1.165) is 38.8 Å². The largest absolute Gasteiger partial charge is 0.385 e. The van der Waals surface area contributed by atoms with Crippen molar-refractivity contribution in [3.63, 3.8) is 0 Å². The molecule has 0 aromatic heterocycles. The highest BCUT2D eigenvalue weighted by molar-refractivity contribution is 5.35. The zero-order valence-electron chi connectivity index (χ0n) is 10.5. The summed E-state index contributed by atoms with van der Waals surface area (Å²) in [5.41, 5.74) is 1.99. The summed E-state index contributed by atoms with van der Waals surface area (Å²) < 4.78 is 0. The van der Waals surface area contributed by atoms with Gasteiger partial charge in [-0.25, -0.2) is 0 Å². The van der Waals surface area contributed by atoms with E-state index in [1.165, 1.54) is 11.1 Å². The van der Waals surface area contributed by atoms with Gasteiger partial charge in [-0.3, -0.25) is 0 Å². The summed E-state index contributed by atoms with van der Waals surface area (Å²) in [6.45, 7) is 2.15. The van der Waals surface area contributed by atoms with Crippen molar-refractivity contribution >= 4 is 0 Å². The van der Waals surface area contributed by atoms with E-state index in [-0.39, 0.29) is 0 Å². The van der Waals surface area contributed by atoms with Gasteiger partial charge in [0.05, 0.1) is 5.60 Å². The van der Waals surface area contributed by atoms with Crippen molar-refractivity contribution in [1.29, 1.82) is 0 Å². The van der Waals surface area contributed by atoms with Crippen LogP contribution in [0.5, 0.6) is 0 Å². The average Bonchev–Trinajstić information content (AvgIpc) is 2.77. The van der Waals surface area contributed by atoms with E-state index in [4.69, 9.17) is 0 Å². The molecule has 2 atom stereocenters. The van der Waals surface area contributed by atoms with Crippen molar-refractivity contribution < 1.29 is 5.11 Å². The second-order valence-electron chi connectivity index (χ2n) is 5.68. The second kappa shape index (κ2) is 4.11. The third-order valence-corrected chi connectivity index (χ3v) is 4.55. The molecule has 1 saturated heterocycles. The number of aryl methyl sites for hydroxylation is 1. The lowest BCUT2D eigenvalue weighted by atomic mass is 9.71. The highest BCUT2D eigenvalue weighted by Crippen LogP contribution is 2.43. The Morgan fingerprint density at radius 1 is 1.35 bits per heavy atom. The highest BCUT2D eigenvalue weighted by atomic mass is 16.3. The first kappa shape index (κ1) is 11.2. The summed E-state index contributed by atoms with van der Waals surface area (Å²) >= 11 is 0. The molecule has 1 aromatic rings. The molecule has 17 heavy (non-hydrogen) atoms. The van der Waals surface area contributed by atoms with Crippen LogP contribution in [0.3, 0.4) is 0 Å². The summed E-state index contributed by atoms with van der Waals surface area (Å²) in [6, 6.07) is 8.46. The molecular formula is C15H21NO. The Morgan fingerprint density at radius 2 is 2.18 bits per heavy atom. The molecule has 0 bridgehead atoms. The summed E-state index contributed by atoms with van der Waals surface area (Å²) in [4.78, 5) is 2.33. The van der Waals surface area contributed by atoms with Gasteiger partial charge in [-0.05, 0) is 50.4 Å². The molecule has 92 valence electrons. The molecule has 1 N–H and O–H groups in total. The number of rotatable bonds is 1. The second-order valence-corrected chi connectivity index (χ2v) is 5.68. The van der Waals surface area contributed by atoms with E-state index in [0.29, 0.717) is 5.92 Å². The van der Waals surface area contributed by atoms with Gasteiger partial charge in [0.25, 0.3) is 0 Å². The monoisotopic (exact) mass is 231 g/mol. The van der Waals surface area contributed by atoms with Gasteiger partial charge in [-0.15, -0.1) is 0 Å².